The summed E-state index contributed by atoms with van der Waals surface area (Å²) in [5.41, 5.74) is 0. The highest BCUT2D eigenvalue weighted by molar-refractivity contribution is 8.06. The quantitative estimate of drug-likeness (QED) is 0.664. The maximum atomic E-state index is 9.43. The molecule has 25 heavy (non-hydrogen) atoms. The largest absolute Gasteiger partial charge is 0.197 e. The lowest BCUT2D eigenvalue weighted by Gasteiger charge is -2.32. The molecule has 0 amide bonds. The van der Waals surface area contributed by atoms with Crippen LogP contribution in [0.5, 0.6) is 0 Å². The van der Waals surface area contributed by atoms with Crippen molar-refractivity contribution in [1.82, 2.24) is 0 Å². The summed E-state index contributed by atoms with van der Waals surface area (Å²) in [7, 11) is 0. The van der Waals surface area contributed by atoms with E-state index in [2.05, 4.69) is 42.5 Å². The monoisotopic (exact) mass is 362 g/mol. The van der Waals surface area contributed by atoms with Gasteiger partial charge in [0.1, 0.15) is 5.92 Å². The van der Waals surface area contributed by atoms with E-state index >= 15 is 0 Å². The standard InChI is InChI=1S/C21H18N2S2/c22-14-16(15-23)19-12-7-13-20(24-17-8-3-1-4-9-17)21(19)25-18-10-5-2-6-11-18/h1-6,8-11,13,16,19,21H,7,12H2/t19-,21-/m0/s1. The molecule has 0 radical (unpaired) electrons. The van der Waals surface area contributed by atoms with Crippen molar-refractivity contribution >= 4 is 23.5 Å². The molecule has 3 rings (SSSR count). The first-order chi connectivity index (χ1) is 12.3. The Bertz CT molecular complexity index is 789. The fraction of sp³-hybridized carbons (Fsp3) is 0.238. The molecule has 0 heterocycles. The summed E-state index contributed by atoms with van der Waals surface area (Å²) >= 11 is 3.52. The van der Waals surface area contributed by atoms with E-state index in [9.17, 15) is 10.5 Å². The SMILES string of the molecule is N#CC(C#N)[C@@H]1CCC=C(Sc2ccccc2)[C@H]1Sc1ccccc1. The second-order valence-corrected chi connectivity index (χ2v) is 8.21. The van der Waals surface area contributed by atoms with E-state index in [1.807, 2.05) is 36.4 Å². The van der Waals surface area contributed by atoms with E-state index in [1.54, 1.807) is 23.5 Å². The highest BCUT2D eigenvalue weighted by Gasteiger charge is 2.35. The summed E-state index contributed by atoms with van der Waals surface area (Å²) in [6, 6.07) is 25.0. The van der Waals surface area contributed by atoms with Crippen LogP contribution in [0.1, 0.15) is 12.8 Å². The predicted octanol–water partition coefficient (Wildman–Crippen LogP) is 5.90. The maximum Gasteiger partial charge on any atom is 0.137 e. The van der Waals surface area contributed by atoms with Crippen molar-refractivity contribution in [2.75, 3.05) is 0 Å². The van der Waals surface area contributed by atoms with Crippen molar-refractivity contribution in [2.24, 2.45) is 11.8 Å². The number of nitrogens with zero attached hydrogens (tertiary/aromatic N) is 2. The summed E-state index contributed by atoms with van der Waals surface area (Å²) in [4.78, 5) is 3.62. The van der Waals surface area contributed by atoms with Crippen LogP contribution in [0.25, 0.3) is 0 Å². The van der Waals surface area contributed by atoms with Gasteiger partial charge in [-0.05, 0) is 42.0 Å². The molecule has 124 valence electrons. The van der Waals surface area contributed by atoms with Crippen LogP contribution in [0, 0.1) is 34.5 Å². The van der Waals surface area contributed by atoms with Crippen LogP contribution >= 0.6 is 23.5 Å². The number of hydrogen-bond acceptors (Lipinski definition) is 4. The zero-order valence-electron chi connectivity index (χ0n) is 13.7. The van der Waals surface area contributed by atoms with E-state index in [0.717, 1.165) is 12.8 Å². The van der Waals surface area contributed by atoms with E-state index in [4.69, 9.17) is 0 Å². The van der Waals surface area contributed by atoms with Gasteiger partial charge in [0, 0.05) is 21.0 Å². The molecule has 0 saturated carbocycles. The second-order valence-electron chi connectivity index (χ2n) is 5.85. The van der Waals surface area contributed by atoms with Crippen LogP contribution in [0.2, 0.25) is 0 Å². The van der Waals surface area contributed by atoms with Gasteiger partial charge in [0.15, 0.2) is 0 Å². The molecule has 0 bridgehead atoms. The minimum atomic E-state index is -0.568. The average molecular weight is 363 g/mol. The van der Waals surface area contributed by atoms with Gasteiger partial charge in [0.2, 0.25) is 0 Å². The van der Waals surface area contributed by atoms with Gasteiger partial charge in [-0.1, -0.05) is 54.2 Å². The van der Waals surface area contributed by atoms with Gasteiger partial charge in [-0.2, -0.15) is 10.5 Å². The summed E-state index contributed by atoms with van der Waals surface area (Å²) in [5, 5.41) is 19.0. The Morgan fingerprint density at radius 1 is 0.880 bits per heavy atom. The van der Waals surface area contributed by atoms with Crippen LogP contribution in [-0.4, -0.2) is 5.25 Å². The van der Waals surface area contributed by atoms with Gasteiger partial charge in [-0.3, -0.25) is 0 Å². The molecule has 0 aliphatic heterocycles. The Morgan fingerprint density at radius 3 is 2.08 bits per heavy atom. The Balaban J connectivity index is 1.89. The van der Waals surface area contributed by atoms with Crippen LogP contribution < -0.4 is 0 Å². The fourth-order valence-corrected chi connectivity index (χ4v) is 5.61. The van der Waals surface area contributed by atoms with Crippen molar-refractivity contribution in [2.45, 2.75) is 27.9 Å². The molecular weight excluding hydrogens is 344 g/mol. The first kappa shape index (κ1) is 17.7. The van der Waals surface area contributed by atoms with Crippen LogP contribution in [0.15, 0.2) is 81.4 Å². The van der Waals surface area contributed by atoms with Gasteiger partial charge >= 0.3 is 0 Å². The number of rotatable bonds is 5. The minimum Gasteiger partial charge on any atom is -0.197 e. The molecule has 1 aliphatic rings. The Labute approximate surface area is 157 Å². The zero-order chi connectivity index (χ0) is 17.5. The molecule has 1 aliphatic carbocycles. The van der Waals surface area contributed by atoms with E-state index in [-0.39, 0.29) is 11.2 Å². The topological polar surface area (TPSA) is 47.6 Å². The summed E-state index contributed by atoms with van der Waals surface area (Å²) in [6.45, 7) is 0. The predicted molar refractivity (Wildman–Crippen MR) is 104 cm³/mol. The summed E-state index contributed by atoms with van der Waals surface area (Å²) in [6.07, 6.45) is 4.08. The number of thioether (sulfide) groups is 2. The molecule has 0 fully saturated rings. The van der Waals surface area contributed by atoms with Crippen molar-refractivity contribution in [3.8, 4) is 12.1 Å². The van der Waals surface area contributed by atoms with E-state index in [0.29, 0.717) is 0 Å². The van der Waals surface area contributed by atoms with Crippen molar-refractivity contribution in [3.63, 3.8) is 0 Å². The smallest absolute Gasteiger partial charge is 0.137 e. The molecular formula is C21H18N2S2. The molecule has 0 saturated heterocycles. The maximum absolute atomic E-state index is 9.43. The average Bonchev–Trinajstić information content (AvgIpc) is 2.67. The summed E-state index contributed by atoms with van der Waals surface area (Å²) in [5.74, 6) is -0.516. The highest BCUT2D eigenvalue weighted by Crippen LogP contribution is 2.46. The fourth-order valence-electron chi connectivity index (χ4n) is 2.97. The molecule has 0 aromatic heterocycles. The van der Waals surface area contributed by atoms with Crippen LogP contribution in [-0.2, 0) is 0 Å². The first-order valence-electron chi connectivity index (χ1n) is 8.25. The lowest BCUT2D eigenvalue weighted by molar-refractivity contribution is 0.435. The van der Waals surface area contributed by atoms with E-state index < -0.39 is 5.92 Å². The molecule has 4 heteroatoms. The third kappa shape index (κ3) is 4.48. The van der Waals surface area contributed by atoms with Gasteiger partial charge < -0.3 is 0 Å². The molecule has 0 unspecified atom stereocenters. The van der Waals surface area contributed by atoms with Crippen molar-refractivity contribution in [3.05, 3.63) is 71.6 Å². The number of benzene rings is 2. The van der Waals surface area contributed by atoms with Crippen molar-refractivity contribution in [1.29, 1.82) is 10.5 Å². The molecule has 2 aromatic carbocycles. The minimum absolute atomic E-state index is 0.0522. The molecule has 0 N–H and O–H groups in total. The third-order valence-electron chi connectivity index (χ3n) is 4.21. The second kappa shape index (κ2) is 8.81. The zero-order valence-corrected chi connectivity index (χ0v) is 15.3. The lowest BCUT2D eigenvalue weighted by atomic mass is 9.84. The van der Waals surface area contributed by atoms with Crippen LogP contribution in [0.3, 0.4) is 0 Å². The molecule has 2 nitrogen and oxygen atoms in total. The Kier molecular flexibility index (Phi) is 6.23. The molecule has 0 spiro atoms. The van der Waals surface area contributed by atoms with Gasteiger partial charge in [0.25, 0.3) is 0 Å². The summed E-state index contributed by atoms with van der Waals surface area (Å²) < 4.78 is 0. The third-order valence-corrected chi connectivity index (χ3v) is 6.92. The number of nitriles is 2. The highest BCUT2D eigenvalue weighted by atomic mass is 32.2. The van der Waals surface area contributed by atoms with Gasteiger partial charge in [-0.15, -0.1) is 11.8 Å². The lowest BCUT2D eigenvalue weighted by Crippen LogP contribution is -2.28. The number of allylic oxidation sites excluding steroid dienone is 1. The molecule has 2 aromatic rings. The van der Waals surface area contributed by atoms with Crippen molar-refractivity contribution < 1.29 is 0 Å². The Hall–Kier alpha value is -2.14. The normalized spacial score (nSPS) is 19.7. The first-order valence-corrected chi connectivity index (χ1v) is 9.95. The Morgan fingerprint density at radius 2 is 1.48 bits per heavy atom. The van der Waals surface area contributed by atoms with Gasteiger partial charge in [0.05, 0.1) is 12.1 Å². The van der Waals surface area contributed by atoms with Crippen LogP contribution in [0.4, 0.5) is 0 Å². The number of hydrogen-bond donors (Lipinski definition) is 0. The van der Waals surface area contributed by atoms with E-state index in [1.165, 1.54) is 14.7 Å². The molecule has 2 atom stereocenters. The van der Waals surface area contributed by atoms with Gasteiger partial charge in [-0.25, -0.2) is 0 Å².